The monoisotopic (exact) mass is 189 g/mol. The Hall–Kier alpha value is -1.15. The van der Waals surface area contributed by atoms with Crippen LogP contribution in [0, 0.1) is 0 Å². The van der Waals surface area contributed by atoms with E-state index >= 15 is 0 Å². The molecule has 1 atom stereocenters. The van der Waals surface area contributed by atoms with Crippen LogP contribution >= 0.6 is 0 Å². The zero-order chi connectivity index (χ0) is 9.97. The van der Waals surface area contributed by atoms with Gasteiger partial charge in [-0.2, -0.15) is 0 Å². The van der Waals surface area contributed by atoms with Gasteiger partial charge in [0, 0.05) is 25.2 Å². The van der Waals surface area contributed by atoms with Crippen LogP contribution in [0.4, 0.5) is 0 Å². The van der Waals surface area contributed by atoms with E-state index in [0.717, 1.165) is 18.4 Å². The van der Waals surface area contributed by atoms with Crippen molar-refractivity contribution < 1.29 is 4.79 Å². The van der Waals surface area contributed by atoms with Crippen LogP contribution in [-0.2, 0) is 0 Å². The average molecular weight is 189 g/mol. The topological polar surface area (TPSA) is 20.1 Å². The Kier molecular flexibility index (Phi) is 2.64. The van der Waals surface area contributed by atoms with E-state index in [0.29, 0.717) is 5.92 Å². The highest BCUT2D eigenvalue weighted by atomic mass is 16.1. The van der Waals surface area contributed by atoms with Gasteiger partial charge in [0.1, 0.15) is 6.29 Å². The molecule has 14 heavy (non-hydrogen) atoms. The first kappa shape index (κ1) is 9.41. The van der Waals surface area contributed by atoms with Crippen LogP contribution in [0.5, 0.6) is 0 Å². The highest BCUT2D eigenvalue weighted by molar-refractivity contribution is 5.74. The van der Waals surface area contributed by atoms with E-state index in [1.807, 2.05) is 12.1 Å². The summed E-state index contributed by atoms with van der Waals surface area (Å²) < 4.78 is 0. The Bertz CT molecular complexity index is 314. The van der Waals surface area contributed by atoms with Crippen molar-refractivity contribution in [3.05, 3.63) is 35.4 Å². The molecule has 1 fully saturated rings. The Labute approximate surface area is 84.5 Å². The lowest BCUT2D eigenvalue weighted by Crippen LogP contribution is -2.08. The summed E-state index contributed by atoms with van der Waals surface area (Å²) in [5.74, 6) is 0.568. The lowest BCUT2D eigenvalue weighted by molar-refractivity contribution is 0.112. The van der Waals surface area contributed by atoms with Gasteiger partial charge in [-0.3, -0.25) is 4.79 Å². The molecule has 1 aliphatic heterocycles. The highest BCUT2D eigenvalue weighted by Crippen LogP contribution is 2.19. The third kappa shape index (κ3) is 2.20. The second-order valence-electron chi connectivity index (χ2n) is 3.99. The van der Waals surface area contributed by atoms with Crippen LogP contribution in [0.3, 0.4) is 0 Å². The van der Waals surface area contributed by atoms with Crippen molar-refractivity contribution in [3.63, 3.8) is 0 Å². The number of benzene rings is 1. The fourth-order valence-electron chi connectivity index (χ4n) is 1.65. The van der Waals surface area contributed by atoms with E-state index in [9.17, 15) is 4.79 Å². The molecule has 0 aliphatic carbocycles. The molecule has 74 valence electrons. The maximum atomic E-state index is 10.5. The summed E-state index contributed by atoms with van der Waals surface area (Å²) in [5, 5.41) is 0. The summed E-state index contributed by atoms with van der Waals surface area (Å²) in [6.07, 6.45) is 0.888. The Morgan fingerprint density at radius 2 is 2.00 bits per heavy atom. The average Bonchev–Trinajstić information content (AvgIpc) is 3.02. The molecule has 1 aromatic rings. The Morgan fingerprint density at radius 1 is 1.36 bits per heavy atom. The van der Waals surface area contributed by atoms with Gasteiger partial charge in [-0.25, -0.2) is 0 Å². The second kappa shape index (κ2) is 3.93. The van der Waals surface area contributed by atoms with Crippen molar-refractivity contribution in [2.24, 2.45) is 0 Å². The molecule has 1 heterocycles. The maximum absolute atomic E-state index is 10.5. The van der Waals surface area contributed by atoms with Crippen molar-refractivity contribution in [2.45, 2.75) is 12.8 Å². The van der Waals surface area contributed by atoms with Gasteiger partial charge >= 0.3 is 0 Å². The van der Waals surface area contributed by atoms with Crippen molar-refractivity contribution in [1.82, 2.24) is 4.90 Å². The minimum Gasteiger partial charge on any atom is -0.300 e. The number of hydrogen-bond donors (Lipinski definition) is 0. The van der Waals surface area contributed by atoms with E-state index in [1.165, 1.54) is 18.7 Å². The molecule has 0 radical (unpaired) electrons. The lowest BCUT2D eigenvalue weighted by Gasteiger charge is -2.11. The molecule has 0 bridgehead atoms. The normalized spacial score (nSPS) is 17.8. The minimum atomic E-state index is 0.568. The molecule has 2 nitrogen and oxygen atoms in total. The zero-order valence-electron chi connectivity index (χ0n) is 8.44. The molecule has 0 N–H and O–H groups in total. The van der Waals surface area contributed by atoms with E-state index in [4.69, 9.17) is 0 Å². The van der Waals surface area contributed by atoms with Crippen LogP contribution in [0.25, 0.3) is 0 Å². The summed E-state index contributed by atoms with van der Waals surface area (Å²) in [7, 11) is 0. The van der Waals surface area contributed by atoms with Crippen molar-refractivity contribution in [1.29, 1.82) is 0 Å². The fraction of sp³-hybridized carbons (Fsp3) is 0.417. The number of aldehydes is 1. The maximum Gasteiger partial charge on any atom is 0.150 e. The van der Waals surface area contributed by atoms with E-state index in [1.54, 1.807) is 0 Å². The summed E-state index contributed by atoms with van der Waals surface area (Å²) in [4.78, 5) is 12.9. The molecule has 0 unspecified atom stereocenters. The van der Waals surface area contributed by atoms with Gasteiger partial charge in [0.2, 0.25) is 0 Å². The fourth-order valence-corrected chi connectivity index (χ4v) is 1.65. The van der Waals surface area contributed by atoms with Crippen LogP contribution in [0.1, 0.15) is 28.8 Å². The highest BCUT2D eigenvalue weighted by Gasteiger charge is 2.20. The molecule has 0 amide bonds. The summed E-state index contributed by atoms with van der Waals surface area (Å²) in [6.45, 7) is 5.86. The largest absolute Gasteiger partial charge is 0.300 e. The standard InChI is InChI=1S/C12H15NO/c1-10(8-13-6-7-13)12-4-2-11(9-14)3-5-12/h2-5,9-10H,6-8H2,1H3/t10-/m0/s1. The Balaban J connectivity index is 2.02. The third-order valence-corrected chi connectivity index (χ3v) is 2.71. The third-order valence-electron chi connectivity index (χ3n) is 2.71. The molecule has 1 aromatic carbocycles. The number of carbonyl (C=O) groups is 1. The lowest BCUT2D eigenvalue weighted by atomic mass is 10.00. The zero-order valence-corrected chi connectivity index (χ0v) is 8.44. The van der Waals surface area contributed by atoms with Crippen LogP contribution in [-0.4, -0.2) is 30.8 Å². The molecular weight excluding hydrogens is 174 g/mol. The van der Waals surface area contributed by atoms with E-state index < -0.39 is 0 Å². The molecule has 0 aromatic heterocycles. The summed E-state index contributed by atoms with van der Waals surface area (Å²) >= 11 is 0. The number of rotatable bonds is 4. The van der Waals surface area contributed by atoms with Crippen LogP contribution < -0.4 is 0 Å². The first-order chi connectivity index (χ1) is 6.79. The van der Waals surface area contributed by atoms with Gasteiger partial charge in [-0.15, -0.1) is 0 Å². The number of carbonyl (C=O) groups excluding carboxylic acids is 1. The second-order valence-corrected chi connectivity index (χ2v) is 3.99. The summed E-state index contributed by atoms with van der Waals surface area (Å²) in [6, 6.07) is 7.89. The van der Waals surface area contributed by atoms with Crippen molar-refractivity contribution in [2.75, 3.05) is 19.6 Å². The first-order valence-corrected chi connectivity index (χ1v) is 5.07. The number of hydrogen-bond acceptors (Lipinski definition) is 2. The predicted molar refractivity (Wildman–Crippen MR) is 56.7 cm³/mol. The predicted octanol–water partition coefficient (Wildman–Crippen LogP) is 1.92. The van der Waals surface area contributed by atoms with E-state index in [-0.39, 0.29) is 0 Å². The van der Waals surface area contributed by atoms with Gasteiger partial charge in [0.05, 0.1) is 0 Å². The van der Waals surface area contributed by atoms with Gasteiger partial charge in [0.15, 0.2) is 0 Å². The molecule has 1 aliphatic rings. The number of nitrogens with zero attached hydrogens (tertiary/aromatic N) is 1. The summed E-state index contributed by atoms with van der Waals surface area (Å²) in [5.41, 5.74) is 2.08. The van der Waals surface area contributed by atoms with Crippen LogP contribution in [0.2, 0.25) is 0 Å². The van der Waals surface area contributed by atoms with Gasteiger partial charge in [0.25, 0.3) is 0 Å². The quantitative estimate of drug-likeness (QED) is 0.532. The molecule has 0 saturated carbocycles. The minimum absolute atomic E-state index is 0.568. The van der Waals surface area contributed by atoms with Gasteiger partial charge < -0.3 is 4.90 Å². The van der Waals surface area contributed by atoms with Crippen molar-refractivity contribution >= 4 is 6.29 Å². The SMILES string of the molecule is C[C@@H](CN1CC1)c1ccc(C=O)cc1. The van der Waals surface area contributed by atoms with Crippen molar-refractivity contribution in [3.8, 4) is 0 Å². The van der Waals surface area contributed by atoms with Gasteiger partial charge in [-0.05, 0) is 11.5 Å². The molecular formula is C12H15NO. The van der Waals surface area contributed by atoms with Crippen LogP contribution in [0.15, 0.2) is 24.3 Å². The van der Waals surface area contributed by atoms with Gasteiger partial charge in [-0.1, -0.05) is 31.2 Å². The Morgan fingerprint density at radius 3 is 2.50 bits per heavy atom. The first-order valence-electron chi connectivity index (χ1n) is 5.07. The molecule has 0 spiro atoms. The van der Waals surface area contributed by atoms with E-state index in [2.05, 4.69) is 24.0 Å². The molecule has 2 heteroatoms. The molecule has 1 saturated heterocycles. The smallest absolute Gasteiger partial charge is 0.150 e. The molecule has 2 rings (SSSR count).